The molecule has 0 saturated carbocycles. The molecule has 0 aromatic heterocycles. The number of fused-ring (bicyclic) bond motifs is 2. The fourth-order valence-electron chi connectivity index (χ4n) is 3.34. The fourth-order valence-corrected chi connectivity index (χ4v) is 3.34. The Hall–Kier alpha value is -1.89. The van der Waals surface area contributed by atoms with Gasteiger partial charge in [-0.3, -0.25) is 9.69 Å². The van der Waals surface area contributed by atoms with E-state index >= 15 is 0 Å². The smallest absolute Gasteiger partial charge is 0.231 e. The second-order valence-corrected chi connectivity index (χ2v) is 6.04. The van der Waals surface area contributed by atoms with Gasteiger partial charge in [-0.25, -0.2) is 0 Å². The number of Topliss-reactive ketones (excluding diaryl/α,β-unsaturated/α-hetero) is 1. The molecule has 0 saturated heterocycles. The van der Waals surface area contributed by atoms with E-state index in [9.17, 15) is 4.79 Å². The van der Waals surface area contributed by atoms with Gasteiger partial charge in [-0.1, -0.05) is 6.08 Å². The van der Waals surface area contributed by atoms with E-state index in [1.165, 1.54) is 0 Å². The van der Waals surface area contributed by atoms with Crippen LogP contribution in [-0.2, 0) is 16.0 Å². The normalized spacial score (nSPS) is 19.3. The Labute approximate surface area is 148 Å². The van der Waals surface area contributed by atoms with Crippen molar-refractivity contribution < 1.29 is 23.7 Å². The van der Waals surface area contributed by atoms with Crippen molar-refractivity contribution in [1.29, 1.82) is 0 Å². The number of hydrogen-bond acceptors (Lipinski definition) is 6. The molecule has 6 heteroatoms. The van der Waals surface area contributed by atoms with Gasteiger partial charge >= 0.3 is 0 Å². The van der Waals surface area contributed by atoms with Crippen molar-refractivity contribution in [1.82, 2.24) is 4.90 Å². The van der Waals surface area contributed by atoms with Crippen molar-refractivity contribution in [2.45, 2.75) is 39.1 Å². The molecule has 2 aliphatic heterocycles. The zero-order valence-electron chi connectivity index (χ0n) is 14.8. The molecule has 0 aliphatic carbocycles. The van der Waals surface area contributed by atoms with Crippen molar-refractivity contribution >= 4 is 5.78 Å². The van der Waals surface area contributed by atoms with E-state index in [1.807, 2.05) is 19.9 Å². The Morgan fingerprint density at radius 1 is 1.28 bits per heavy atom. The highest BCUT2D eigenvalue weighted by molar-refractivity contribution is 6.03. The van der Waals surface area contributed by atoms with Gasteiger partial charge in [0, 0.05) is 25.3 Å². The summed E-state index contributed by atoms with van der Waals surface area (Å²) in [6.07, 6.45) is 2.01. The summed E-state index contributed by atoms with van der Waals surface area (Å²) in [7, 11) is 0. The minimum absolute atomic E-state index is 0.0752. The number of ether oxygens (including phenoxy) is 4. The number of ketones is 1. The lowest BCUT2D eigenvalue weighted by Gasteiger charge is -2.37. The van der Waals surface area contributed by atoms with E-state index in [1.54, 1.807) is 12.1 Å². The molecule has 0 bridgehead atoms. The Kier molecular flexibility index (Phi) is 5.73. The van der Waals surface area contributed by atoms with Gasteiger partial charge in [0.05, 0.1) is 12.6 Å². The highest BCUT2D eigenvalue weighted by Gasteiger charge is 2.35. The van der Waals surface area contributed by atoms with Gasteiger partial charge in [-0.05, 0) is 38.0 Å². The highest BCUT2D eigenvalue weighted by atomic mass is 16.7. The van der Waals surface area contributed by atoms with Crippen LogP contribution in [0.4, 0.5) is 0 Å². The number of benzene rings is 1. The number of carbonyl (C=O) groups is 1. The first-order valence-electron chi connectivity index (χ1n) is 8.72. The average molecular weight is 347 g/mol. The molecule has 0 spiro atoms. The third kappa shape index (κ3) is 3.71. The zero-order valence-corrected chi connectivity index (χ0v) is 14.8. The second-order valence-electron chi connectivity index (χ2n) is 6.04. The van der Waals surface area contributed by atoms with E-state index in [-0.39, 0.29) is 24.9 Å². The van der Waals surface area contributed by atoms with Gasteiger partial charge in [-0.15, -0.1) is 6.58 Å². The highest BCUT2D eigenvalue weighted by Crippen LogP contribution is 2.38. The Morgan fingerprint density at radius 3 is 2.60 bits per heavy atom. The van der Waals surface area contributed by atoms with Gasteiger partial charge in [0.2, 0.25) is 6.79 Å². The van der Waals surface area contributed by atoms with Crippen LogP contribution in [0.15, 0.2) is 24.8 Å². The first kappa shape index (κ1) is 17.9. The molecule has 0 radical (unpaired) electrons. The predicted molar refractivity (Wildman–Crippen MR) is 92.9 cm³/mol. The molecule has 1 aromatic carbocycles. The summed E-state index contributed by atoms with van der Waals surface area (Å²) >= 11 is 0. The van der Waals surface area contributed by atoms with Gasteiger partial charge in [0.25, 0.3) is 0 Å². The molecular weight excluding hydrogens is 322 g/mol. The molecule has 1 aromatic rings. The van der Waals surface area contributed by atoms with Crippen LogP contribution >= 0.6 is 0 Å². The van der Waals surface area contributed by atoms with E-state index in [0.29, 0.717) is 49.8 Å². The van der Waals surface area contributed by atoms with Crippen LogP contribution in [0.25, 0.3) is 0 Å². The maximum atomic E-state index is 13.0. The quantitative estimate of drug-likeness (QED) is 0.532. The largest absolute Gasteiger partial charge is 0.454 e. The molecule has 0 fully saturated rings. The van der Waals surface area contributed by atoms with E-state index in [0.717, 1.165) is 5.56 Å². The molecule has 25 heavy (non-hydrogen) atoms. The van der Waals surface area contributed by atoms with E-state index < -0.39 is 0 Å². The number of carbonyl (C=O) groups excluding carboxylic acids is 1. The lowest BCUT2D eigenvalue weighted by atomic mass is 9.90. The summed E-state index contributed by atoms with van der Waals surface area (Å²) in [5.74, 6) is 1.41. The lowest BCUT2D eigenvalue weighted by molar-refractivity contribution is -0.150. The topological polar surface area (TPSA) is 57.2 Å². The van der Waals surface area contributed by atoms with Crippen molar-refractivity contribution in [3.63, 3.8) is 0 Å². The summed E-state index contributed by atoms with van der Waals surface area (Å²) in [5.41, 5.74) is 1.65. The molecule has 1 atom stereocenters. The van der Waals surface area contributed by atoms with Crippen LogP contribution in [0.2, 0.25) is 0 Å². The molecule has 2 aliphatic rings. The first-order chi connectivity index (χ1) is 12.2. The lowest BCUT2D eigenvalue weighted by Crippen LogP contribution is -2.48. The van der Waals surface area contributed by atoms with Gasteiger partial charge in [0.15, 0.2) is 23.6 Å². The van der Waals surface area contributed by atoms with Crippen LogP contribution in [0, 0.1) is 0 Å². The maximum absolute atomic E-state index is 13.0. The average Bonchev–Trinajstić information content (AvgIpc) is 3.05. The molecule has 136 valence electrons. The Bertz CT molecular complexity index is 639. The maximum Gasteiger partial charge on any atom is 0.231 e. The number of hydrogen-bond donors (Lipinski definition) is 0. The summed E-state index contributed by atoms with van der Waals surface area (Å²) in [6, 6.07) is 3.44. The van der Waals surface area contributed by atoms with Gasteiger partial charge in [-0.2, -0.15) is 0 Å². The molecule has 3 rings (SSSR count). The second kappa shape index (κ2) is 7.99. The first-order valence-corrected chi connectivity index (χ1v) is 8.72. The van der Waals surface area contributed by atoms with Crippen LogP contribution in [0.1, 0.15) is 36.2 Å². The molecule has 0 N–H and O–H groups in total. The summed E-state index contributed by atoms with van der Waals surface area (Å²) < 4.78 is 22.2. The van der Waals surface area contributed by atoms with E-state index in [4.69, 9.17) is 18.9 Å². The molecule has 1 unspecified atom stereocenters. The van der Waals surface area contributed by atoms with Crippen molar-refractivity contribution in [3.05, 3.63) is 35.9 Å². The fraction of sp³-hybridized carbons (Fsp3) is 0.526. The third-order valence-electron chi connectivity index (χ3n) is 4.46. The van der Waals surface area contributed by atoms with Gasteiger partial charge in [0.1, 0.15) is 0 Å². The number of nitrogens with zero attached hydrogens (tertiary/aromatic N) is 1. The van der Waals surface area contributed by atoms with Crippen molar-refractivity contribution in [3.8, 4) is 11.5 Å². The van der Waals surface area contributed by atoms with Crippen LogP contribution < -0.4 is 9.47 Å². The van der Waals surface area contributed by atoms with Crippen LogP contribution in [0.5, 0.6) is 11.5 Å². The van der Waals surface area contributed by atoms with Crippen molar-refractivity contribution in [2.24, 2.45) is 0 Å². The number of rotatable bonds is 8. The predicted octanol–water partition coefficient (Wildman–Crippen LogP) is 2.76. The SMILES string of the molecule is C=CCC1C(=O)c2cc3c(cc2CN1CC(OCC)OCC)OCO3. The Balaban J connectivity index is 1.87. The Morgan fingerprint density at radius 2 is 1.96 bits per heavy atom. The van der Waals surface area contributed by atoms with Crippen LogP contribution in [0.3, 0.4) is 0 Å². The minimum atomic E-state index is -0.356. The standard InChI is InChI=1S/C19H25NO5/c1-4-7-15-19(21)14-9-17-16(24-12-25-17)8-13(14)10-20(15)11-18(22-5-2)23-6-3/h4,8-9,15,18H,1,5-7,10-12H2,2-3H3. The van der Waals surface area contributed by atoms with Crippen LogP contribution in [-0.4, -0.2) is 49.6 Å². The van der Waals surface area contributed by atoms with Gasteiger partial charge < -0.3 is 18.9 Å². The molecule has 6 nitrogen and oxygen atoms in total. The monoisotopic (exact) mass is 347 g/mol. The van der Waals surface area contributed by atoms with Crippen molar-refractivity contribution in [2.75, 3.05) is 26.6 Å². The molecular formula is C19H25NO5. The summed E-state index contributed by atoms with van der Waals surface area (Å²) in [5, 5.41) is 0. The third-order valence-corrected chi connectivity index (χ3v) is 4.46. The molecule has 2 heterocycles. The minimum Gasteiger partial charge on any atom is -0.454 e. The summed E-state index contributed by atoms with van der Waals surface area (Å²) in [6.45, 7) is 10.2. The zero-order chi connectivity index (χ0) is 17.8. The summed E-state index contributed by atoms with van der Waals surface area (Å²) in [4.78, 5) is 15.1. The van der Waals surface area contributed by atoms with E-state index in [2.05, 4.69) is 11.5 Å². The molecule has 0 amide bonds.